The molecular formula is C16H20N4. The molecular weight excluding hydrogens is 248 g/mol. The second-order valence-electron chi connectivity index (χ2n) is 6.06. The topological polar surface area (TPSA) is 42.7 Å². The van der Waals surface area contributed by atoms with E-state index >= 15 is 0 Å². The summed E-state index contributed by atoms with van der Waals surface area (Å²) in [4.78, 5) is 0. The van der Waals surface area contributed by atoms with Crippen molar-refractivity contribution < 1.29 is 0 Å². The first-order valence-electron chi connectivity index (χ1n) is 7.56. The molecule has 104 valence electrons. The van der Waals surface area contributed by atoms with E-state index in [1.807, 2.05) is 0 Å². The van der Waals surface area contributed by atoms with E-state index in [4.69, 9.17) is 0 Å². The number of fused-ring (bicyclic) bond motifs is 2. The predicted octanol–water partition coefficient (Wildman–Crippen LogP) is 2.10. The largest absolute Gasteiger partial charge is 0.313 e. The van der Waals surface area contributed by atoms with Gasteiger partial charge in [-0.05, 0) is 29.9 Å². The summed E-state index contributed by atoms with van der Waals surface area (Å²) in [5.74, 6) is 2.98. The van der Waals surface area contributed by atoms with Crippen LogP contribution in [-0.2, 0) is 19.4 Å². The van der Waals surface area contributed by atoms with Crippen LogP contribution in [0.4, 0.5) is 0 Å². The van der Waals surface area contributed by atoms with Gasteiger partial charge in [0.15, 0.2) is 5.82 Å². The van der Waals surface area contributed by atoms with Crippen LogP contribution < -0.4 is 5.32 Å². The standard InChI is InChI=1S/C16H20N4/c1-11-7-9-20-14(10-11)18-19-16(20)15-13-5-3-2-4-12(13)6-8-17-15/h2-5,11,15,17H,6-10H2,1H3. The maximum atomic E-state index is 4.51. The molecule has 2 atom stereocenters. The molecule has 0 saturated carbocycles. The molecule has 4 nitrogen and oxygen atoms in total. The van der Waals surface area contributed by atoms with Gasteiger partial charge >= 0.3 is 0 Å². The second-order valence-corrected chi connectivity index (χ2v) is 6.06. The van der Waals surface area contributed by atoms with Gasteiger partial charge in [-0.15, -0.1) is 10.2 Å². The van der Waals surface area contributed by atoms with E-state index in [2.05, 4.69) is 51.3 Å². The fourth-order valence-electron chi connectivity index (χ4n) is 3.46. The Labute approximate surface area is 119 Å². The van der Waals surface area contributed by atoms with Crippen molar-refractivity contribution in [2.24, 2.45) is 5.92 Å². The molecule has 0 radical (unpaired) electrons. The zero-order valence-electron chi connectivity index (χ0n) is 11.8. The van der Waals surface area contributed by atoms with Gasteiger partial charge in [-0.2, -0.15) is 0 Å². The number of hydrogen-bond donors (Lipinski definition) is 1. The SMILES string of the molecule is CC1CCn2c(nnc2C2NCCc3ccccc32)C1. The number of nitrogens with zero attached hydrogens (tertiary/aromatic N) is 3. The zero-order valence-corrected chi connectivity index (χ0v) is 11.8. The zero-order chi connectivity index (χ0) is 13.5. The Hall–Kier alpha value is -1.68. The molecule has 4 rings (SSSR count). The van der Waals surface area contributed by atoms with Crippen molar-refractivity contribution >= 4 is 0 Å². The first-order chi connectivity index (χ1) is 9.83. The van der Waals surface area contributed by atoms with Gasteiger partial charge in [-0.1, -0.05) is 31.2 Å². The van der Waals surface area contributed by atoms with Gasteiger partial charge in [0.2, 0.25) is 0 Å². The lowest BCUT2D eigenvalue weighted by atomic mass is 9.93. The van der Waals surface area contributed by atoms with Gasteiger partial charge < -0.3 is 9.88 Å². The first kappa shape index (κ1) is 12.1. The van der Waals surface area contributed by atoms with Crippen LogP contribution in [0.2, 0.25) is 0 Å². The molecule has 0 amide bonds. The van der Waals surface area contributed by atoms with E-state index in [9.17, 15) is 0 Å². The molecule has 0 fully saturated rings. The van der Waals surface area contributed by atoms with Gasteiger partial charge in [0.05, 0.1) is 6.04 Å². The minimum atomic E-state index is 0.203. The van der Waals surface area contributed by atoms with Gasteiger partial charge in [-0.25, -0.2) is 0 Å². The van der Waals surface area contributed by atoms with Gasteiger partial charge in [-0.3, -0.25) is 0 Å². The average molecular weight is 268 g/mol. The normalized spacial score (nSPS) is 25.1. The molecule has 4 heteroatoms. The van der Waals surface area contributed by atoms with E-state index in [1.165, 1.54) is 17.5 Å². The van der Waals surface area contributed by atoms with Crippen molar-refractivity contribution in [3.8, 4) is 0 Å². The Morgan fingerprint density at radius 1 is 1.25 bits per heavy atom. The van der Waals surface area contributed by atoms with Gasteiger partial charge in [0.1, 0.15) is 5.82 Å². The minimum Gasteiger partial charge on any atom is -0.313 e. The molecule has 2 aliphatic rings. The monoisotopic (exact) mass is 268 g/mol. The Kier molecular flexibility index (Phi) is 2.84. The fraction of sp³-hybridized carbons (Fsp3) is 0.500. The molecule has 2 unspecified atom stereocenters. The molecule has 1 aromatic carbocycles. The van der Waals surface area contributed by atoms with Crippen LogP contribution in [0.5, 0.6) is 0 Å². The van der Waals surface area contributed by atoms with E-state index < -0.39 is 0 Å². The highest BCUT2D eigenvalue weighted by Crippen LogP contribution is 2.30. The van der Waals surface area contributed by atoms with Gasteiger partial charge in [0, 0.05) is 19.5 Å². The summed E-state index contributed by atoms with van der Waals surface area (Å²) in [6.07, 6.45) is 3.39. The van der Waals surface area contributed by atoms with Crippen LogP contribution in [-0.4, -0.2) is 21.3 Å². The summed E-state index contributed by atoms with van der Waals surface area (Å²) in [5, 5.41) is 12.5. The maximum absolute atomic E-state index is 4.51. The van der Waals surface area contributed by atoms with Crippen molar-refractivity contribution in [3.05, 3.63) is 47.0 Å². The molecule has 1 aromatic heterocycles. The van der Waals surface area contributed by atoms with E-state index in [1.54, 1.807) is 0 Å². The third-order valence-corrected chi connectivity index (χ3v) is 4.60. The molecule has 0 aliphatic carbocycles. The Morgan fingerprint density at radius 2 is 2.15 bits per heavy atom. The van der Waals surface area contributed by atoms with Crippen LogP contribution in [0.15, 0.2) is 24.3 Å². The Bertz CT molecular complexity index is 631. The molecule has 0 saturated heterocycles. The highest BCUT2D eigenvalue weighted by Gasteiger charge is 2.28. The quantitative estimate of drug-likeness (QED) is 0.861. The summed E-state index contributed by atoms with van der Waals surface area (Å²) in [5.41, 5.74) is 2.81. The summed E-state index contributed by atoms with van der Waals surface area (Å²) in [7, 11) is 0. The average Bonchev–Trinajstić information content (AvgIpc) is 2.89. The number of rotatable bonds is 1. The third kappa shape index (κ3) is 1.86. The van der Waals surface area contributed by atoms with E-state index in [0.29, 0.717) is 0 Å². The molecule has 0 spiro atoms. The van der Waals surface area contributed by atoms with Crippen LogP contribution in [0.3, 0.4) is 0 Å². The molecule has 1 N–H and O–H groups in total. The molecule has 2 aromatic rings. The smallest absolute Gasteiger partial charge is 0.154 e. The van der Waals surface area contributed by atoms with Crippen molar-refractivity contribution in [1.82, 2.24) is 20.1 Å². The summed E-state index contributed by atoms with van der Waals surface area (Å²) in [6, 6.07) is 8.91. The summed E-state index contributed by atoms with van der Waals surface area (Å²) in [6.45, 7) is 4.37. The van der Waals surface area contributed by atoms with Crippen LogP contribution in [0.1, 0.15) is 42.2 Å². The number of benzene rings is 1. The van der Waals surface area contributed by atoms with Crippen molar-refractivity contribution in [3.63, 3.8) is 0 Å². The van der Waals surface area contributed by atoms with Crippen molar-refractivity contribution in [2.45, 2.75) is 38.8 Å². The van der Waals surface area contributed by atoms with E-state index in [-0.39, 0.29) is 6.04 Å². The number of nitrogens with one attached hydrogen (secondary N) is 1. The maximum Gasteiger partial charge on any atom is 0.154 e. The Balaban J connectivity index is 1.76. The molecule has 20 heavy (non-hydrogen) atoms. The lowest BCUT2D eigenvalue weighted by molar-refractivity contribution is 0.392. The highest BCUT2D eigenvalue weighted by atomic mass is 15.3. The lowest BCUT2D eigenvalue weighted by Crippen LogP contribution is -2.33. The number of hydrogen-bond acceptors (Lipinski definition) is 3. The van der Waals surface area contributed by atoms with E-state index in [0.717, 1.165) is 43.5 Å². The summed E-state index contributed by atoms with van der Waals surface area (Å²) < 4.78 is 2.33. The molecule has 0 bridgehead atoms. The van der Waals surface area contributed by atoms with Crippen LogP contribution in [0, 0.1) is 5.92 Å². The van der Waals surface area contributed by atoms with Crippen LogP contribution >= 0.6 is 0 Å². The number of aromatic nitrogens is 3. The highest BCUT2D eigenvalue weighted by molar-refractivity contribution is 5.36. The summed E-state index contributed by atoms with van der Waals surface area (Å²) >= 11 is 0. The fourth-order valence-corrected chi connectivity index (χ4v) is 3.46. The molecule has 3 heterocycles. The lowest BCUT2D eigenvalue weighted by Gasteiger charge is -2.28. The van der Waals surface area contributed by atoms with Crippen molar-refractivity contribution in [1.29, 1.82) is 0 Å². The Morgan fingerprint density at radius 3 is 3.10 bits per heavy atom. The molecule has 2 aliphatic heterocycles. The first-order valence-corrected chi connectivity index (χ1v) is 7.56. The predicted molar refractivity (Wildman–Crippen MR) is 77.5 cm³/mol. The van der Waals surface area contributed by atoms with Crippen molar-refractivity contribution in [2.75, 3.05) is 6.54 Å². The minimum absolute atomic E-state index is 0.203. The third-order valence-electron chi connectivity index (χ3n) is 4.60. The van der Waals surface area contributed by atoms with Crippen LogP contribution in [0.25, 0.3) is 0 Å². The second kappa shape index (κ2) is 4.70. The van der Waals surface area contributed by atoms with Gasteiger partial charge in [0.25, 0.3) is 0 Å².